The number of carbonyl (C=O) groups is 2. The molecule has 3 unspecified atom stereocenters. The van der Waals surface area contributed by atoms with Gasteiger partial charge in [0, 0.05) is 23.3 Å². The van der Waals surface area contributed by atoms with Crippen LogP contribution in [0.1, 0.15) is 46.0 Å². The lowest BCUT2D eigenvalue weighted by Gasteiger charge is -2.24. The second-order valence-corrected chi connectivity index (χ2v) is 7.32. The molecule has 2 aliphatic rings. The van der Waals surface area contributed by atoms with Crippen LogP contribution in [0.3, 0.4) is 0 Å². The van der Waals surface area contributed by atoms with Crippen molar-refractivity contribution >= 4 is 23.2 Å². The molecule has 130 valence electrons. The molecule has 0 spiro atoms. The van der Waals surface area contributed by atoms with Gasteiger partial charge in [0.2, 0.25) is 11.8 Å². The molecule has 1 aliphatic carbocycles. The van der Waals surface area contributed by atoms with Gasteiger partial charge < -0.3 is 16.0 Å². The lowest BCUT2D eigenvalue weighted by atomic mass is 9.85. The van der Waals surface area contributed by atoms with Crippen LogP contribution < -0.4 is 16.0 Å². The third-order valence-electron chi connectivity index (χ3n) is 5.12. The maximum absolute atomic E-state index is 12.5. The number of nitrogens with one attached hydrogen (secondary N) is 3. The molecule has 1 aromatic rings. The highest BCUT2D eigenvalue weighted by Crippen LogP contribution is 2.33. The molecular weight excluding hydrogens is 302 g/mol. The molecule has 0 bridgehead atoms. The summed E-state index contributed by atoms with van der Waals surface area (Å²) in [6.45, 7) is 3.71. The molecule has 3 atom stereocenters. The van der Waals surface area contributed by atoms with E-state index in [9.17, 15) is 9.59 Å². The van der Waals surface area contributed by atoms with Gasteiger partial charge in [-0.15, -0.1) is 0 Å². The van der Waals surface area contributed by atoms with E-state index in [2.05, 4.69) is 16.0 Å². The van der Waals surface area contributed by atoms with Gasteiger partial charge >= 0.3 is 0 Å². The van der Waals surface area contributed by atoms with Crippen LogP contribution in [0.25, 0.3) is 0 Å². The number of anilines is 2. The van der Waals surface area contributed by atoms with Crippen molar-refractivity contribution in [2.75, 3.05) is 10.6 Å². The lowest BCUT2D eigenvalue weighted by Crippen LogP contribution is -2.39. The Balaban J connectivity index is 1.54. The summed E-state index contributed by atoms with van der Waals surface area (Å²) in [6, 6.07) is 7.72. The van der Waals surface area contributed by atoms with E-state index in [-0.39, 0.29) is 23.8 Å². The zero-order chi connectivity index (χ0) is 17.1. The van der Waals surface area contributed by atoms with Crippen molar-refractivity contribution in [3.05, 3.63) is 24.3 Å². The summed E-state index contributed by atoms with van der Waals surface area (Å²) in [6.07, 6.45) is 5.94. The van der Waals surface area contributed by atoms with E-state index in [1.807, 2.05) is 38.1 Å². The molecular formula is C19H27N3O2. The van der Waals surface area contributed by atoms with Gasteiger partial charge in [-0.05, 0) is 49.4 Å². The lowest BCUT2D eigenvalue weighted by molar-refractivity contribution is -0.119. The van der Waals surface area contributed by atoms with E-state index in [4.69, 9.17) is 0 Å². The van der Waals surface area contributed by atoms with Crippen LogP contribution in [0.2, 0.25) is 0 Å². The minimum Gasteiger partial charge on any atom is -0.326 e. The fourth-order valence-electron chi connectivity index (χ4n) is 3.67. The highest BCUT2D eigenvalue weighted by molar-refractivity contribution is 5.96. The molecule has 5 heteroatoms. The van der Waals surface area contributed by atoms with Crippen molar-refractivity contribution < 1.29 is 9.59 Å². The first-order chi connectivity index (χ1) is 11.5. The van der Waals surface area contributed by atoms with E-state index in [0.717, 1.165) is 17.8 Å². The molecule has 1 saturated carbocycles. The monoisotopic (exact) mass is 329 g/mol. The van der Waals surface area contributed by atoms with Crippen LogP contribution >= 0.6 is 0 Å². The highest BCUT2D eigenvalue weighted by Gasteiger charge is 2.38. The second-order valence-electron chi connectivity index (χ2n) is 7.32. The number of rotatable bonds is 4. The Labute approximate surface area is 143 Å². The van der Waals surface area contributed by atoms with E-state index >= 15 is 0 Å². The Morgan fingerprint density at radius 3 is 2.29 bits per heavy atom. The number of hydrogen-bond donors (Lipinski definition) is 3. The van der Waals surface area contributed by atoms with Crippen LogP contribution in [0, 0.1) is 11.8 Å². The summed E-state index contributed by atoms with van der Waals surface area (Å²) in [5.74, 6) is 0.636. The normalized spacial score (nSPS) is 26.0. The summed E-state index contributed by atoms with van der Waals surface area (Å²) >= 11 is 0. The Bertz CT molecular complexity index is 583. The molecule has 0 radical (unpaired) electrons. The SMILES string of the molecule is CC(C)C(=O)Nc1ccc(NC(=O)C2CC3CCCCC3N2)cc1. The Morgan fingerprint density at radius 1 is 1.04 bits per heavy atom. The molecule has 2 amide bonds. The number of fused-ring (bicyclic) bond motifs is 1. The molecule has 1 heterocycles. The van der Waals surface area contributed by atoms with Crippen molar-refractivity contribution in [1.82, 2.24) is 5.32 Å². The average Bonchev–Trinajstić information content (AvgIpc) is 3.00. The van der Waals surface area contributed by atoms with E-state index in [0.29, 0.717) is 12.0 Å². The van der Waals surface area contributed by atoms with E-state index in [1.54, 1.807) is 0 Å². The fourth-order valence-corrected chi connectivity index (χ4v) is 3.67. The largest absolute Gasteiger partial charge is 0.326 e. The third-order valence-corrected chi connectivity index (χ3v) is 5.12. The smallest absolute Gasteiger partial charge is 0.241 e. The zero-order valence-electron chi connectivity index (χ0n) is 14.5. The maximum Gasteiger partial charge on any atom is 0.241 e. The number of carbonyl (C=O) groups excluding carboxylic acids is 2. The van der Waals surface area contributed by atoms with Gasteiger partial charge in [-0.2, -0.15) is 0 Å². The van der Waals surface area contributed by atoms with Gasteiger partial charge in [0.1, 0.15) is 0 Å². The van der Waals surface area contributed by atoms with Gasteiger partial charge in [-0.1, -0.05) is 26.7 Å². The van der Waals surface area contributed by atoms with Crippen molar-refractivity contribution in [2.24, 2.45) is 11.8 Å². The molecule has 3 N–H and O–H groups in total. The standard InChI is InChI=1S/C19H27N3O2/c1-12(2)18(23)20-14-7-9-15(10-8-14)21-19(24)17-11-13-5-3-4-6-16(13)22-17/h7-10,12-13,16-17,22H,3-6,11H2,1-2H3,(H,20,23)(H,21,24). The highest BCUT2D eigenvalue weighted by atomic mass is 16.2. The van der Waals surface area contributed by atoms with Gasteiger partial charge in [0.25, 0.3) is 0 Å². The van der Waals surface area contributed by atoms with Crippen LogP contribution in [0.15, 0.2) is 24.3 Å². The first kappa shape index (κ1) is 17.0. The third kappa shape index (κ3) is 3.96. The molecule has 1 aromatic carbocycles. The Kier molecular flexibility index (Phi) is 5.19. The Hall–Kier alpha value is -1.88. The van der Waals surface area contributed by atoms with Crippen LogP contribution in [0.4, 0.5) is 11.4 Å². The fraction of sp³-hybridized carbons (Fsp3) is 0.579. The van der Waals surface area contributed by atoms with E-state index in [1.165, 1.54) is 25.7 Å². The van der Waals surface area contributed by atoms with Crippen molar-refractivity contribution in [3.8, 4) is 0 Å². The van der Waals surface area contributed by atoms with Crippen LogP contribution in [-0.2, 0) is 9.59 Å². The number of hydrogen-bond acceptors (Lipinski definition) is 3. The average molecular weight is 329 g/mol. The molecule has 24 heavy (non-hydrogen) atoms. The van der Waals surface area contributed by atoms with Crippen LogP contribution in [0.5, 0.6) is 0 Å². The van der Waals surface area contributed by atoms with E-state index < -0.39 is 0 Å². The van der Waals surface area contributed by atoms with Gasteiger partial charge in [-0.25, -0.2) is 0 Å². The first-order valence-corrected chi connectivity index (χ1v) is 9.01. The van der Waals surface area contributed by atoms with Crippen molar-refractivity contribution in [3.63, 3.8) is 0 Å². The Morgan fingerprint density at radius 2 is 1.67 bits per heavy atom. The number of amides is 2. The topological polar surface area (TPSA) is 70.2 Å². The predicted molar refractivity (Wildman–Crippen MR) is 95.8 cm³/mol. The maximum atomic E-state index is 12.5. The first-order valence-electron chi connectivity index (χ1n) is 9.01. The minimum absolute atomic E-state index is 0.00968. The molecule has 0 aromatic heterocycles. The number of benzene rings is 1. The molecule has 1 saturated heterocycles. The van der Waals surface area contributed by atoms with Crippen molar-refractivity contribution in [1.29, 1.82) is 0 Å². The minimum atomic E-state index is -0.0848. The van der Waals surface area contributed by atoms with Gasteiger partial charge in [0.15, 0.2) is 0 Å². The summed E-state index contributed by atoms with van der Waals surface area (Å²) < 4.78 is 0. The molecule has 3 rings (SSSR count). The quantitative estimate of drug-likeness (QED) is 0.795. The summed E-state index contributed by atoms with van der Waals surface area (Å²) in [7, 11) is 0. The van der Waals surface area contributed by atoms with Gasteiger partial charge in [-0.3, -0.25) is 9.59 Å². The second kappa shape index (κ2) is 7.34. The molecule has 5 nitrogen and oxygen atoms in total. The van der Waals surface area contributed by atoms with Crippen molar-refractivity contribution in [2.45, 2.75) is 58.0 Å². The summed E-state index contributed by atoms with van der Waals surface area (Å²) in [5, 5.41) is 9.32. The van der Waals surface area contributed by atoms with Gasteiger partial charge in [0.05, 0.1) is 6.04 Å². The summed E-state index contributed by atoms with van der Waals surface area (Å²) in [5.41, 5.74) is 1.51. The predicted octanol–water partition coefficient (Wildman–Crippen LogP) is 3.14. The van der Waals surface area contributed by atoms with Crippen LogP contribution in [-0.4, -0.2) is 23.9 Å². The molecule has 1 aliphatic heterocycles. The molecule has 2 fully saturated rings. The zero-order valence-corrected chi connectivity index (χ0v) is 14.5. The summed E-state index contributed by atoms with van der Waals surface area (Å²) in [4.78, 5) is 24.2.